The molecule has 2 heterocycles. The van der Waals surface area contributed by atoms with Crippen LogP contribution in [0.25, 0.3) is 0 Å². The molecule has 0 unspecified atom stereocenters. The van der Waals surface area contributed by atoms with Gasteiger partial charge in [0.25, 0.3) is 5.91 Å². The number of hydrogen-bond acceptors (Lipinski definition) is 3. The predicted octanol–water partition coefficient (Wildman–Crippen LogP) is 3.46. The van der Waals surface area contributed by atoms with E-state index in [1.807, 2.05) is 15.9 Å². The lowest BCUT2D eigenvalue weighted by Gasteiger charge is -2.36. The summed E-state index contributed by atoms with van der Waals surface area (Å²) < 4.78 is 0. The molecule has 0 aromatic heterocycles. The summed E-state index contributed by atoms with van der Waals surface area (Å²) in [6.07, 6.45) is 10.5. The van der Waals surface area contributed by atoms with Crippen LogP contribution in [-0.4, -0.2) is 65.3 Å². The fraction of sp³-hybridized carbons (Fsp3) is 0.680. The van der Waals surface area contributed by atoms with E-state index < -0.39 is 0 Å². The minimum absolute atomic E-state index is 0.160. The number of rotatable bonds is 3. The molecule has 0 atom stereocenters. The highest BCUT2D eigenvalue weighted by Gasteiger charge is 2.31. The summed E-state index contributed by atoms with van der Waals surface area (Å²) in [5, 5.41) is 0. The molecule has 5 heteroatoms. The minimum Gasteiger partial charge on any atom is -0.338 e. The number of carbonyl (C=O) groups is 2. The van der Waals surface area contributed by atoms with Crippen molar-refractivity contribution in [2.45, 2.75) is 70.4 Å². The van der Waals surface area contributed by atoms with Gasteiger partial charge in [-0.05, 0) is 61.8 Å². The van der Waals surface area contributed by atoms with E-state index >= 15 is 0 Å². The van der Waals surface area contributed by atoms with E-state index in [1.165, 1.54) is 43.2 Å². The van der Waals surface area contributed by atoms with Gasteiger partial charge < -0.3 is 9.80 Å². The maximum Gasteiger partial charge on any atom is 0.253 e. The van der Waals surface area contributed by atoms with Gasteiger partial charge in [0.2, 0.25) is 5.91 Å². The molecular weight excluding hydrogens is 374 g/mol. The van der Waals surface area contributed by atoms with Crippen LogP contribution in [0, 0.1) is 5.92 Å². The van der Waals surface area contributed by atoms with Crippen molar-refractivity contribution >= 4 is 11.8 Å². The molecule has 5 nitrogen and oxygen atoms in total. The zero-order valence-electron chi connectivity index (χ0n) is 18.2. The standard InChI is InChI=1S/C25H35N3O2/c29-24(20-5-1-2-6-20)28-14-11-19-9-10-21(17-22(19)18-28)25(30)27-13-4-12-26(15-16-27)23-7-3-8-23/h9-10,17,20,23H,1-8,11-16,18H2. The van der Waals surface area contributed by atoms with Crippen LogP contribution in [-0.2, 0) is 17.8 Å². The van der Waals surface area contributed by atoms with Gasteiger partial charge in [-0.15, -0.1) is 0 Å². The van der Waals surface area contributed by atoms with Crippen LogP contribution in [0.15, 0.2) is 18.2 Å². The van der Waals surface area contributed by atoms with Gasteiger partial charge >= 0.3 is 0 Å². The molecule has 2 saturated carbocycles. The Morgan fingerprint density at radius 1 is 0.767 bits per heavy atom. The fourth-order valence-corrected chi connectivity index (χ4v) is 5.75. The van der Waals surface area contributed by atoms with Gasteiger partial charge in [-0.25, -0.2) is 0 Å². The van der Waals surface area contributed by atoms with Gasteiger partial charge in [0.15, 0.2) is 0 Å². The molecule has 0 bridgehead atoms. The van der Waals surface area contributed by atoms with Crippen LogP contribution < -0.4 is 0 Å². The molecule has 1 aromatic carbocycles. The van der Waals surface area contributed by atoms with Gasteiger partial charge in [-0.1, -0.05) is 25.3 Å². The molecular formula is C25H35N3O2. The lowest BCUT2D eigenvalue weighted by molar-refractivity contribution is -0.136. The molecule has 4 aliphatic rings. The number of nitrogens with zero attached hydrogens (tertiary/aromatic N) is 3. The molecule has 3 fully saturated rings. The number of fused-ring (bicyclic) bond motifs is 1. The van der Waals surface area contributed by atoms with Gasteiger partial charge in [0, 0.05) is 56.8 Å². The van der Waals surface area contributed by atoms with E-state index in [-0.39, 0.29) is 11.8 Å². The summed E-state index contributed by atoms with van der Waals surface area (Å²) in [5.41, 5.74) is 3.26. The van der Waals surface area contributed by atoms with Crippen LogP contribution in [0.1, 0.15) is 72.9 Å². The summed E-state index contributed by atoms with van der Waals surface area (Å²) in [4.78, 5) is 32.8. The van der Waals surface area contributed by atoms with Crippen LogP contribution in [0.2, 0.25) is 0 Å². The Labute approximate surface area is 180 Å². The van der Waals surface area contributed by atoms with Crippen LogP contribution in [0.5, 0.6) is 0 Å². The first kappa shape index (κ1) is 20.0. The molecule has 2 amide bonds. The van der Waals surface area contributed by atoms with Crippen molar-refractivity contribution in [3.63, 3.8) is 0 Å². The summed E-state index contributed by atoms with van der Waals surface area (Å²) in [7, 11) is 0. The smallest absolute Gasteiger partial charge is 0.253 e. The van der Waals surface area contributed by atoms with Crippen molar-refractivity contribution in [3.05, 3.63) is 34.9 Å². The van der Waals surface area contributed by atoms with Gasteiger partial charge in [0.1, 0.15) is 0 Å². The maximum absolute atomic E-state index is 13.2. The lowest BCUT2D eigenvalue weighted by atomic mass is 9.91. The third-order valence-electron chi connectivity index (χ3n) is 7.89. The van der Waals surface area contributed by atoms with Crippen molar-refractivity contribution in [2.24, 2.45) is 5.92 Å². The Kier molecular flexibility index (Phi) is 5.81. The van der Waals surface area contributed by atoms with E-state index in [4.69, 9.17) is 0 Å². The monoisotopic (exact) mass is 409 g/mol. The third kappa shape index (κ3) is 4.01. The average Bonchev–Trinajstić information content (AvgIpc) is 3.17. The normalized spacial score (nSPS) is 23.7. The molecule has 0 spiro atoms. The Balaban J connectivity index is 1.25. The largest absolute Gasteiger partial charge is 0.338 e. The molecule has 2 aliphatic heterocycles. The Morgan fingerprint density at radius 3 is 2.37 bits per heavy atom. The number of hydrogen-bond donors (Lipinski definition) is 0. The highest BCUT2D eigenvalue weighted by molar-refractivity contribution is 5.94. The first-order valence-electron chi connectivity index (χ1n) is 12.1. The number of benzene rings is 1. The van der Waals surface area contributed by atoms with E-state index in [1.54, 1.807) is 0 Å². The molecule has 2 aliphatic carbocycles. The molecule has 30 heavy (non-hydrogen) atoms. The molecule has 1 aromatic rings. The highest BCUT2D eigenvalue weighted by Crippen LogP contribution is 2.30. The second kappa shape index (κ2) is 8.70. The zero-order chi connectivity index (χ0) is 20.5. The summed E-state index contributed by atoms with van der Waals surface area (Å²) >= 11 is 0. The van der Waals surface area contributed by atoms with Crippen molar-refractivity contribution < 1.29 is 9.59 Å². The Morgan fingerprint density at radius 2 is 1.60 bits per heavy atom. The Bertz CT molecular complexity index is 798. The van der Waals surface area contributed by atoms with Crippen molar-refractivity contribution in [1.82, 2.24) is 14.7 Å². The van der Waals surface area contributed by atoms with E-state index in [0.29, 0.717) is 12.5 Å². The Hall–Kier alpha value is -1.88. The quantitative estimate of drug-likeness (QED) is 0.768. The number of amides is 2. The SMILES string of the molecule is O=C(c1ccc2c(c1)CN(C(=O)C1CCCC1)CC2)N1CCCN(C2CCC2)CC1. The minimum atomic E-state index is 0.160. The second-order valence-electron chi connectivity index (χ2n) is 9.74. The molecule has 0 radical (unpaired) electrons. The van der Waals surface area contributed by atoms with E-state index in [2.05, 4.69) is 17.0 Å². The number of carbonyl (C=O) groups excluding carboxylic acids is 2. The van der Waals surface area contributed by atoms with E-state index in [0.717, 1.165) is 70.0 Å². The summed E-state index contributed by atoms with van der Waals surface area (Å²) in [6.45, 7) is 5.30. The van der Waals surface area contributed by atoms with Crippen LogP contribution >= 0.6 is 0 Å². The second-order valence-corrected chi connectivity index (χ2v) is 9.74. The first-order valence-corrected chi connectivity index (χ1v) is 12.1. The van der Waals surface area contributed by atoms with Crippen molar-refractivity contribution in [3.8, 4) is 0 Å². The van der Waals surface area contributed by atoms with Crippen LogP contribution in [0.3, 0.4) is 0 Å². The summed E-state index contributed by atoms with van der Waals surface area (Å²) in [5.74, 6) is 0.720. The maximum atomic E-state index is 13.2. The average molecular weight is 410 g/mol. The van der Waals surface area contributed by atoms with Gasteiger partial charge in [-0.2, -0.15) is 0 Å². The summed E-state index contributed by atoms with van der Waals surface area (Å²) in [6, 6.07) is 6.95. The predicted molar refractivity (Wildman–Crippen MR) is 117 cm³/mol. The topological polar surface area (TPSA) is 43.9 Å². The van der Waals surface area contributed by atoms with Gasteiger partial charge in [0.05, 0.1) is 0 Å². The zero-order valence-corrected chi connectivity index (χ0v) is 18.2. The molecule has 162 valence electrons. The fourth-order valence-electron chi connectivity index (χ4n) is 5.75. The van der Waals surface area contributed by atoms with Crippen molar-refractivity contribution in [2.75, 3.05) is 32.7 Å². The highest BCUT2D eigenvalue weighted by atomic mass is 16.2. The first-order chi connectivity index (χ1) is 14.7. The van der Waals surface area contributed by atoms with Gasteiger partial charge in [-0.3, -0.25) is 14.5 Å². The van der Waals surface area contributed by atoms with E-state index in [9.17, 15) is 9.59 Å². The molecule has 1 saturated heterocycles. The van der Waals surface area contributed by atoms with Crippen molar-refractivity contribution in [1.29, 1.82) is 0 Å². The van der Waals surface area contributed by atoms with Crippen LogP contribution in [0.4, 0.5) is 0 Å². The molecule has 5 rings (SSSR count). The third-order valence-corrected chi connectivity index (χ3v) is 7.89. The molecule has 0 N–H and O–H groups in total. The lowest BCUT2D eigenvalue weighted by Crippen LogP contribution is -2.42.